The molecule has 102 valence electrons. The van der Waals surface area contributed by atoms with Crippen molar-refractivity contribution >= 4 is 22.3 Å². The third kappa shape index (κ3) is 3.73. The van der Waals surface area contributed by atoms with Gasteiger partial charge in [-0.3, -0.25) is 8.74 Å². The number of aromatic nitrogens is 1. The maximum Gasteiger partial charge on any atom is 0.301 e. The Labute approximate surface area is 114 Å². The van der Waals surface area contributed by atoms with Crippen LogP contribution in [0.25, 0.3) is 10.9 Å². The van der Waals surface area contributed by atoms with Gasteiger partial charge in [0.1, 0.15) is 5.75 Å². The van der Waals surface area contributed by atoms with Crippen molar-refractivity contribution < 1.29 is 22.2 Å². The second-order valence-electron chi connectivity index (χ2n) is 4.02. The first-order valence-corrected chi connectivity index (χ1v) is 6.94. The number of pyridine rings is 1. The van der Waals surface area contributed by atoms with Gasteiger partial charge >= 0.3 is 11.4 Å². The molecule has 0 saturated heterocycles. The average Bonchev–Trinajstić information content (AvgIpc) is 2.42. The number of methoxy groups -OCH3 is 1. The second kappa shape index (κ2) is 6.60. The molecule has 0 radical (unpaired) electrons. The number of fused-ring (bicyclic) bond motifs is 1. The summed E-state index contributed by atoms with van der Waals surface area (Å²) < 4.78 is 30.8. The largest absolute Gasteiger partial charge is 0.497 e. The van der Waals surface area contributed by atoms with Crippen molar-refractivity contribution in [3.63, 3.8) is 0 Å². The van der Waals surface area contributed by atoms with E-state index in [4.69, 9.17) is 9.29 Å². The Kier molecular flexibility index (Phi) is 4.84. The van der Waals surface area contributed by atoms with Crippen LogP contribution in [0.2, 0.25) is 0 Å². The summed E-state index contributed by atoms with van der Waals surface area (Å²) in [5.74, 6) is 0.823. The molecule has 0 bridgehead atoms. The first kappa shape index (κ1) is 13.9. The van der Waals surface area contributed by atoms with E-state index in [1.165, 1.54) is 0 Å². The zero-order valence-corrected chi connectivity index (χ0v) is 11.4. The van der Waals surface area contributed by atoms with Crippen LogP contribution in [0, 0.1) is 0 Å². The zero-order chi connectivity index (χ0) is 13.7. The quantitative estimate of drug-likeness (QED) is 0.497. The fourth-order valence-corrected chi connectivity index (χ4v) is 2.21. The third-order valence-corrected chi connectivity index (χ3v) is 3.18. The summed E-state index contributed by atoms with van der Waals surface area (Å²) in [6.07, 6.45) is 2.65. The Morgan fingerprint density at radius 2 is 2.21 bits per heavy atom. The van der Waals surface area contributed by atoms with E-state index >= 15 is 0 Å². The molecule has 1 N–H and O–H groups in total. The molecule has 1 atom stereocenters. The van der Waals surface area contributed by atoms with E-state index in [0.717, 1.165) is 23.2 Å². The van der Waals surface area contributed by atoms with Crippen LogP contribution >= 0.6 is 0 Å². The zero-order valence-electron chi connectivity index (χ0n) is 10.6. The van der Waals surface area contributed by atoms with Gasteiger partial charge in [0.05, 0.1) is 19.1 Å². The summed E-state index contributed by atoms with van der Waals surface area (Å²) in [6, 6.07) is 9.88. The number of benzene rings is 1. The van der Waals surface area contributed by atoms with Gasteiger partial charge in [-0.1, -0.05) is 0 Å². The first-order chi connectivity index (χ1) is 9.20. The minimum atomic E-state index is -2.18. The van der Waals surface area contributed by atoms with Gasteiger partial charge in [0.25, 0.3) is 0 Å². The molecular formula is C13H16NO4S+. The molecule has 0 spiro atoms. The van der Waals surface area contributed by atoms with Gasteiger partial charge in [-0.05, 0) is 18.2 Å². The SMILES string of the molecule is COc1ccc2c(ccc[n+]2CCCOS(=O)O)c1. The Balaban J connectivity index is 2.12. The molecule has 2 rings (SSSR count). The lowest BCUT2D eigenvalue weighted by Crippen LogP contribution is -2.34. The number of hydrogen-bond acceptors (Lipinski definition) is 3. The summed E-state index contributed by atoms with van der Waals surface area (Å²) in [6.45, 7) is 0.976. The number of ether oxygens (including phenoxy) is 1. The summed E-state index contributed by atoms with van der Waals surface area (Å²) in [5, 5.41) is 1.09. The highest BCUT2D eigenvalue weighted by Crippen LogP contribution is 2.17. The maximum absolute atomic E-state index is 10.4. The molecule has 0 aliphatic rings. The van der Waals surface area contributed by atoms with Crippen molar-refractivity contribution in [3.8, 4) is 5.75 Å². The molecule has 0 fully saturated rings. The minimum Gasteiger partial charge on any atom is -0.497 e. The van der Waals surface area contributed by atoms with Crippen LogP contribution in [0.15, 0.2) is 36.5 Å². The third-order valence-electron chi connectivity index (χ3n) is 2.81. The fraction of sp³-hybridized carbons (Fsp3) is 0.308. The molecule has 0 aliphatic carbocycles. The number of rotatable bonds is 6. The van der Waals surface area contributed by atoms with Crippen LogP contribution in [0.3, 0.4) is 0 Å². The maximum atomic E-state index is 10.4. The van der Waals surface area contributed by atoms with Crippen molar-refractivity contribution in [3.05, 3.63) is 36.5 Å². The Hall–Kier alpha value is -1.50. The number of aryl methyl sites for hydroxylation is 1. The lowest BCUT2D eigenvalue weighted by Gasteiger charge is -2.03. The lowest BCUT2D eigenvalue weighted by atomic mass is 10.2. The molecule has 1 aromatic carbocycles. The van der Waals surface area contributed by atoms with E-state index in [9.17, 15) is 4.21 Å². The van der Waals surface area contributed by atoms with Gasteiger partial charge in [0.15, 0.2) is 12.7 Å². The van der Waals surface area contributed by atoms with E-state index in [-0.39, 0.29) is 6.61 Å². The van der Waals surface area contributed by atoms with Crippen LogP contribution in [-0.4, -0.2) is 22.5 Å². The van der Waals surface area contributed by atoms with Gasteiger partial charge < -0.3 is 4.74 Å². The molecule has 5 nitrogen and oxygen atoms in total. The Morgan fingerprint density at radius 3 is 2.95 bits per heavy atom. The first-order valence-electron chi connectivity index (χ1n) is 5.91. The highest BCUT2D eigenvalue weighted by molar-refractivity contribution is 7.74. The summed E-state index contributed by atoms with van der Waals surface area (Å²) in [7, 11) is 1.64. The van der Waals surface area contributed by atoms with Gasteiger partial charge in [-0.15, -0.1) is 0 Å². The molecular weight excluding hydrogens is 266 g/mol. The molecule has 19 heavy (non-hydrogen) atoms. The predicted molar refractivity (Wildman–Crippen MR) is 72.0 cm³/mol. The summed E-state index contributed by atoms with van der Waals surface area (Å²) in [4.78, 5) is 0. The van der Waals surface area contributed by atoms with Crippen LogP contribution in [0.4, 0.5) is 0 Å². The molecule has 0 amide bonds. The molecule has 1 unspecified atom stereocenters. The second-order valence-corrected chi connectivity index (χ2v) is 4.69. The topological polar surface area (TPSA) is 59.6 Å². The molecule has 1 aromatic heterocycles. The van der Waals surface area contributed by atoms with Crippen molar-refractivity contribution in [2.45, 2.75) is 13.0 Å². The predicted octanol–water partition coefficient (Wildman–Crippen LogP) is 1.68. The Morgan fingerprint density at radius 1 is 1.37 bits per heavy atom. The van der Waals surface area contributed by atoms with Gasteiger partial charge in [0, 0.05) is 18.6 Å². The lowest BCUT2D eigenvalue weighted by molar-refractivity contribution is -0.671. The minimum absolute atomic E-state index is 0.253. The summed E-state index contributed by atoms with van der Waals surface area (Å²) in [5.41, 5.74) is 1.09. The standard InChI is InChI=1S/C13H15NO4S/c1-17-12-5-6-13-11(10-12)4-2-7-14(13)8-3-9-18-19(15)16/h2,4-7,10H,3,8-9H2,1H3/p+1. The fourth-order valence-electron chi connectivity index (χ4n) is 1.95. The highest BCUT2D eigenvalue weighted by Gasteiger charge is 2.09. The van der Waals surface area contributed by atoms with Gasteiger partial charge in [-0.25, -0.2) is 0 Å². The van der Waals surface area contributed by atoms with E-state index < -0.39 is 11.4 Å². The van der Waals surface area contributed by atoms with Crippen molar-refractivity contribution in [1.29, 1.82) is 0 Å². The molecule has 6 heteroatoms. The van der Waals surface area contributed by atoms with E-state index in [1.807, 2.05) is 36.5 Å². The number of nitrogens with zero attached hydrogens (tertiary/aromatic N) is 1. The number of hydrogen-bond donors (Lipinski definition) is 1. The van der Waals surface area contributed by atoms with Crippen molar-refractivity contribution in [2.75, 3.05) is 13.7 Å². The van der Waals surface area contributed by atoms with Gasteiger partial charge in [0.2, 0.25) is 5.52 Å². The normalized spacial score (nSPS) is 12.5. The average molecular weight is 282 g/mol. The molecule has 0 aliphatic heterocycles. The van der Waals surface area contributed by atoms with Crippen molar-refractivity contribution in [1.82, 2.24) is 0 Å². The molecule has 0 saturated carbocycles. The van der Waals surface area contributed by atoms with Crippen LogP contribution in [-0.2, 0) is 22.1 Å². The summed E-state index contributed by atoms with van der Waals surface area (Å²) >= 11 is -2.18. The van der Waals surface area contributed by atoms with E-state index in [2.05, 4.69) is 8.75 Å². The van der Waals surface area contributed by atoms with E-state index in [0.29, 0.717) is 6.42 Å². The van der Waals surface area contributed by atoms with Crippen LogP contribution in [0.1, 0.15) is 6.42 Å². The Bertz CT molecular complexity index is 588. The smallest absolute Gasteiger partial charge is 0.301 e. The monoisotopic (exact) mass is 282 g/mol. The van der Waals surface area contributed by atoms with Crippen molar-refractivity contribution in [2.24, 2.45) is 0 Å². The van der Waals surface area contributed by atoms with E-state index in [1.54, 1.807) is 7.11 Å². The highest BCUT2D eigenvalue weighted by atomic mass is 32.2. The van der Waals surface area contributed by atoms with Crippen LogP contribution in [0.5, 0.6) is 5.75 Å². The van der Waals surface area contributed by atoms with Crippen LogP contribution < -0.4 is 9.30 Å². The molecule has 2 aromatic rings. The van der Waals surface area contributed by atoms with Gasteiger partial charge in [-0.2, -0.15) is 8.78 Å². The molecule has 1 heterocycles.